The van der Waals surface area contributed by atoms with Gasteiger partial charge in [-0.2, -0.15) is 0 Å². The van der Waals surface area contributed by atoms with E-state index in [1.807, 2.05) is 11.8 Å². The molecule has 1 aliphatic heterocycles. The first-order valence-corrected chi connectivity index (χ1v) is 8.64. The number of benzene rings is 1. The Morgan fingerprint density at radius 3 is 2.77 bits per heavy atom. The van der Waals surface area contributed by atoms with Crippen LogP contribution >= 0.6 is 11.8 Å². The lowest BCUT2D eigenvalue weighted by molar-refractivity contribution is 0.388. The number of aryl methyl sites for hydroxylation is 1. The molecule has 2 aliphatic rings. The van der Waals surface area contributed by atoms with Gasteiger partial charge in [0.25, 0.3) is 0 Å². The molecule has 1 heterocycles. The van der Waals surface area contributed by atoms with Crippen molar-refractivity contribution < 1.29 is 4.74 Å². The van der Waals surface area contributed by atoms with E-state index >= 15 is 0 Å². The standard InChI is InChI=1S/C18H22N2OS/c1-14-7-6-10-16(17(14)21-2)12-20(18-19-13-22-18)11-15-8-4-3-5-9-15/h3-4,6-7,9-10H,5,8,11-13H2,1-2H3. The Hall–Kier alpha value is -1.68. The molecule has 0 N–H and O–H groups in total. The highest BCUT2D eigenvalue weighted by Crippen LogP contribution is 2.28. The minimum atomic E-state index is 0.845. The minimum absolute atomic E-state index is 0.845. The lowest BCUT2D eigenvalue weighted by Gasteiger charge is -2.31. The molecule has 0 aromatic heterocycles. The van der Waals surface area contributed by atoms with Gasteiger partial charge in [-0.15, -0.1) is 0 Å². The smallest absolute Gasteiger partial charge is 0.162 e. The van der Waals surface area contributed by atoms with Crippen molar-refractivity contribution in [2.45, 2.75) is 26.3 Å². The van der Waals surface area contributed by atoms with Crippen molar-refractivity contribution in [2.24, 2.45) is 4.99 Å². The summed E-state index contributed by atoms with van der Waals surface area (Å²) in [5, 5.41) is 1.15. The highest BCUT2D eigenvalue weighted by Gasteiger charge is 2.20. The predicted molar refractivity (Wildman–Crippen MR) is 94.5 cm³/mol. The van der Waals surface area contributed by atoms with E-state index in [1.165, 1.54) is 16.7 Å². The third-order valence-electron chi connectivity index (χ3n) is 4.01. The first kappa shape index (κ1) is 15.2. The molecule has 0 fully saturated rings. The van der Waals surface area contributed by atoms with Gasteiger partial charge in [-0.1, -0.05) is 53.8 Å². The molecule has 3 nitrogen and oxygen atoms in total. The molecular weight excluding hydrogens is 292 g/mol. The van der Waals surface area contributed by atoms with Gasteiger partial charge in [-0.25, -0.2) is 0 Å². The van der Waals surface area contributed by atoms with Crippen LogP contribution in [-0.4, -0.2) is 29.6 Å². The van der Waals surface area contributed by atoms with Crippen LogP contribution in [0.15, 0.2) is 47.0 Å². The van der Waals surface area contributed by atoms with E-state index in [-0.39, 0.29) is 0 Å². The third-order valence-corrected chi connectivity index (χ3v) is 4.91. The molecule has 0 bridgehead atoms. The van der Waals surface area contributed by atoms with E-state index in [4.69, 9.17) is 4.74 Å². The SMILES string of the molecule is COc1c(C)cccc1CN(CC1=CCC=CC1)C1=NCS1. The van der Waals surface area contributed by atoms with Crippen LogP contribution in [0.2, 0.25) is 0 Å². The number of hydrogen-bond acceptors (Lipinski definition) is 4. The first-order chi connectivity index (χ1) is 10.8. The fourth-order valence-corrected chi connectivity index (χ4v) is 3.42. The van der Waals surface area contributed by atoms with Crippen molar-refractivity contribution in [2.75, 3.05) is 19.5 Å². The zero-order valence-electron chi connectivity index (χ0n) is 13.2. The summed E-state index contributed by atoms with van der Waals surface area (Å²) in [6, 6.07) is 6.35. The summed E-state index contributed by atoms with van der Waals surface area (Å²) in [4.78, 5) is 6.90. The number of ether oxygens (including phenoxy) is 1. The van der Waals surface area contributed by atoms with E-state index < -0.39 is 0 Å². The van der Waals surface area contributed by atoms with Crippen LogP contribution in [0.1, 0.15) is 24.0 Å². The molecule has 0 saturated heterocycles. The molecule has 0 unspecified atom stereocenters. The van der Waals surface area contributed by atoms with Gasteiger partial charge in [0.2, 0.25) is 0 Å². The van der Waals surface area contributed by atoms with Crippen molar-refractivity contribution >= 4 is 16.9 Å². The van der Waals surface area contributed by atoms with Crippen LogP contribution in [0.5, 0.6) is 5.75 Å². The molecule has 0 spiro atoms. The number of para-hydroxylation sites is 1. The number of allylic oxidation sites excluding steroid dienone is 3. The van der Waals surface area contributed by atoms with Crippen LogP contribution in [0.4, 0.5) is 0 Å². The van der Waals surface area contributed by atoms with Gasteiger partial charge in [-0.3, -0.25) is 4.99 Å². The summed E-state index contributed by atoms with van der Waals surface area (Å²) in [5.41, 5.74) is 3.89. The Morgan fingerprint density at radius 1 is 1.27 bits per heavy atom. The Balaban J connectivity index is 1.79. The highest BCUT2D eigenvalue weighted by molar-refractivity contribution is 8.15. The topological polar surface area (TPSA) is 24.8 Å². The summed E-state index contributed by atoms with van der Waals surface area (Å²) in [6.07, 6.45) is 8.93. The van der Waals surface area contributed by atoms with Crippen molar-refractivity contribution in [3.63, 3.8) is 0 Å². The van der Waals surface area contributed by atoms with E-state index in [2.05, 4.69) is 53.2 Å². The molecule has 0 saturated carbocycles. The normalized spacial score (nSPS) is 16.6. The van der Waals surface area contributed by atoms with Crippen LogP contribution in [0.25, 0.3) is 0 Å². The number of nitrogens with zero attached hydrogens (tertiary/aromatic N) is 2. The summed E-state index contributed by atoms with van der Waals surface area (Å²) in [7, 11) is 1.75. The van der Waals surface area contributed by atoms with Crippen molar-refractivity contribution in [3.8, 4) is 5.75 Å². The molecule has 0 radical (unpaired) electrons. The van der Waals surface area contributed by atoms with Crippen molar-refractivity contribution in [1.29, 1.82) is 0 Å². The minimum Gasteiger partial charge on any atom is -0.496 e. The number of aliphatic imine (C=N–C) groups is 1. The summed E-state index contributed by atoms with van der Waals surface area (Å²) in [5.74, 6) is 1.88. The van der Waals surface area contributed by atoms with Gasteiger partial charge in [0.05, 0.1) is 13.0 Å². The summed E-state index contributed by atoms with van der Waals surface area (Å²) in [6.45, 7) is 3.89. The van der Waals surface area contributed by atoms with Gasteiger partial charge in [0, 0.05) is 18.7 Å². The average Bonchev–Trinajstić information content (AvgIpc) is 2.47. The molecule has 0 atom stereocenters. The van der Waals surface area contributed by atoms with Gasteiger partial charge < -0.3 is 9.64 Å². The lowest BCUT2D eigenvalue weighted by atomic mass is 10.0. The lowest BCUT2D eigenvalue weighted by Crippen LogP contribution is -2.34. The molecular formula is C18H22N2OS. The van der Waals surface area contributed by atoms with Gasteiger partial charge in [0.1, 0.15) is 5.75 Å². The molecule has 22 heavy (non-hydrogen) atoms. The zero-order valence-corrected chi connectivity index (χ0v) is 14.0. The maximum atomic E-state index is 5.60. The largest absolute Gasteiger partial charge is 0.496 e. The number of amidine groups is 1. The van der Waals surface area contributed by atoms with Crippen LogP contribution in [0, 0.1) is 6.92 Å². The van der Waals surface area contributed by atoms with Gasteiger partial charge in [-0.05, 0) is 25.3 Å². The summed E-state index contributed by atoms with van der Waals surface area (Å²) < 4.78 is 5.60. The monoisotopic (exact) mass is 314 g/mol. The molecule has 1 aromatic rings. The van der Waals surface area contributed by atoms with Crippen molar-refractivity contribution in [3.05, 3.63) is 53.1 Å². The van der Waals surface area contributed by atoms with Crippen LogP contribution < -0.4 is 4.74 Å². The quantitative estimate of drug-likeness (QED) is 0.764. The molecule has 116 valence electrons. The molecule has 1 aliphatic carbocycles. The maximum Gasteiger partial charge on any atom is 0.162 e. The van der Waals surface area contributed by atoms with Crippen LogP contribution in [-0.2, 0) is 6.54 Å². The Kier molecular flexibility index (Phi) is 4.88. The first-order valence-electron chi connectivity index (χ1n) is 7.65. The fourth-order valence-electron chi connectivity index (χ4n) is 2.86. The molecule has 3 rings (SSSR count). The Morgan fingerprint density at radius 2 is 2.14 bits per heavy atom. The molecule has 4 heteroatoms. The molecule has 0 amide bonds. The second-order valence-corrected chi connectivity index (χ2v) is 6.52. The second kappa shape index (κ2) is 7.05. The Bertz CT molecular complexity index is 634. The van der Waals surface area contributed by atoms with Crippen LogP contribution in [0.3, 0.4) is 0 Å². The number of rotatable bonds is 5. The fraction of sp³-hybridized carbons (Fsp3) is 0.389. The van der Waals surface area contributed by atoms with Crippen molar-refractivity contribution in [1.82, 2.24) is 4.90 Å². The van der Waals surface area contributed by atoms with E-state index in [1.54, 1.807) is 7.11 Å². The maximum absolute atomic E-state index is 5.60. The average molecular weight is 314 g/mol. The zero-order chi connectivity index (χ0) is 15.4. The predicted octanol–water partition coefficient (Wildman–Crippen LogP) is 4.14. The van der Waals surface area contributed by atoms with Gasteiger partial charge in [0.15, 0.2) is 5.17 Å². The number of hydrogen-bond donors (Lipinski definition) is 0. The highest BCUT2D eigenvalue weighted by atomic mass is 32.2. The van der Waals surface area contributed by atoms with Gasteiger partial charge >= 0.3 is 0 Å². The Labute approximate surface area is 136 Å². The third kappa shape index (κ3) is 3.38. The number of thioether (sulfide) groups is 1. The molecule has 1 aromatic carbocycles. The van der Waals surface area contributed by atoms with E-state index in [0.717, 1.165) is 42.7 Å². The second-order valence-electron chi connectivity index (χ2n) is 5.61. The number of methoxy groups -OCH3 is 1. The van der Waals surface area contributed by atoms with E-state index in [0.29, 0.717) is 0 Å². The van der Waals surface area contributed by atoms with E-state index in [9.17, 15) is 0 Å². The summed E-state index contributed by atoms with van der Waals surface area (Å²) >= 11 is 1.83.